The van der Waals surface area contributed by atoms with Gasteiger partial charge in [0.1, 0.15) is 12.6 Å². The molecule has 0 aromatic heterocycles. The number of hydrogen-bond donors (Lipinski definition) is 3. The molecular weight excluding hydrogens is 426 g/mol. The third kappa shape index (κ3) is 12.5. The van der Waals surface area contributed by atoms with Crippen molar-refractivity contribution in [3.05, 3.63) is 35.9 Å². The van der Waals surface area contributed by atoms with Gasteiger partial charge in [0.15, 0.2) is 0 Å². The predicted molar refractivity (Wildman–Crippen MR) is 124 cm³/mol. The summed E-state index contributed by atoms with van der Waals surface area (Å²) in [4.78, 5) is 49.6. The lowest BCUT2D eigenvalue weighted by Crippen LogP contribution is -2.50. The Labute approximate surface area is 195 Å². The number of unbranched alkanes of at least 4 members (excludes halogenated alkanes) is 2. The highest BCUT2D eigenvalue weighted by Gasteiger charge is 2.25. The lowest BCUT2D eigenvalue weighted by Gasteiger charge is -2.28. The fraction of sp³-hybridized carbons (Fsp3) is 0.583. The Kier molecular flexibility index (Phi) is 14.0. The van der Waals surface area contributed by atoms with Crippen LogP contribution in [0.1, 0.15) is 64.4 Å². The normalized spacial score (nSPS) is 11.3. The number of rotatable bonds is 16. The molecule has 0 heterocycles. The van der Waals surface area contributed by atoms with Crippen molar-refractivity contribution in [3.8, 4) is 0 Å². The SMILES string of the molecule is CCCCCC(NC(=O)CCC(=O)O)C(=O)N(CCC)CCNC(=O)OCc1ccccc1. The molecule has 0 aliphatic carbocycles. The summed E-state index contributed by atoms with van der Waals surface area (Å²) in [5, 5.41) is 14.1. The van der Waals surface area contributed by atoms with Gasteiger partial charge in [-0.05, 0) is 18.4 Å². The number of benzene rings is 1. The van der Waals surface area contributed by atoms with Gasteiger partial charge in [-0.15, -0.1) is 0 Å². The molecule has 0 radical (unpaired) electrons. The number of carbonyl (C=O) groups excluding carboxylic acids is 3. The zero-order valence-corrected chi connectivity index (χ0v) is 19.7. The number of nitrogens with one attached hydrogen (secondary N) is 2. The van der Waals surface area contributed by atoms with Crippen LogP contribution in [0.5, 0.6) is 0 Å². The molecule has 1 aromatic carbocycles. The van der Waals surface area contributed by atoms with Gasteiger partial charge in [0.05, 0.1) is 6.42 Å². The molecule has 0 fully saturated rings. The van der Waals surface area contributed by atoms with E-state index in [1.807, 2.05) is 44.2 Å². The minimum atomic E-state index is -1.06. The molecule has 9 heteroatoms. The lowest BCUT2D eigenvalue weighted by molar-refractivity contribution is -0.139. The topological polar surface area (TPSA) is 125 Å². The van der Waals surface area contributed by atoms with Gasteiger partial charge in [0.2, 0.25) is 11.8 Å². The highest BCUT2D eigenvalue weighted by atomic mass is 16.5. The van der Waals surface area contributed by atoms with Gasteiger partial charge < -0.3 is 25.4 Å². The summed E-state index contributed by atoms with van der Waals surface area (Å²) in [6, 6.07) is 8.61. The largest absolute Gasteiger partial charge is 0.481 e. The zero-order valence-electron chi connectivity index (χ0n) is 19.7. The second kappa shape index (κ2) is 16.5. The molecule has 33 heavy (non-hydrogen) atoms. The molecule has 0 saturated carbocycles. The molecule has 3 N–H and O–H groups in total. The maximum atomic E-state index is 13.1. The molecule has 0 aliphatic rings. The van der Waals surface area contributed by atoms with E-state index in [1.54, 1.807) is 4.90 Å². The monoisotopic (exact) mass is 463 g/mol. The molecule has 3 amide bonds. The van der Waals surface area contributed by atoms with Crippen molar-refractivity contribution >= 4 is 23.9 Å². The smallest absolute Gasteiger partial charge is 0.407 e. The summed E-state index contributed by atoms with van der Waals surface area (Å²) in [6.07, 6.45) is 2.86. The van der Waals surface area contributed by atoms with E-state index in [0.29, 0.717) is 13.0 Å². The fourth-order valence-corrected chi connectivity index (χ4v) is 3.23. The average Bonchev–Trinajstić information content (AvgIpc) is 2.80. The van der Waals surface area contributed by atoms with E-state index in [1.165, 1.54) is 0 Å². The van der Waals surface area contributed by atoms with E-state index in [4.69, 9.17) is 9.84 Å². The van der Waals surface area contributed by atoms with E-state index in [9.17, 15) is 19.2 Å². The first-order valence-corrected chi connectivity index (χ1v) is 11.6. The standard InChI is InChI=1S/C24H37N3O6/c1-3-5-7-12-20(26-21(28)13-14-22(29)30)23(31)27(16-4-2)17-15-25-24(32)33-18-19-10-8-6-9-11-19/h6,8-11,20H,3-5,7,12-18H2,1-2H3,(H,25,32)(H,26,28)(H,29,30). The van der Waals surface area contributed by atoms with Gasteiger partial charge in [0.25, 0.3) is 0 Å². The highest BCUT2D eigenvalue weighted by molar-refractivity contribution is 5.88. The maximum absolute atomic E-state index is 13.1. The van der Waals surface area contributed by atoms with Crippen molar-refractivity contribution < 1.29 is 29.0 Å². The van der Waals surface area contributed by atoms with Gasteiger partial charge in [-0.3, -0.25) is 14.4 Å². The summed E-state index contributed by atoms with van der Waals surface area (Å²) >= 11 is 0. The molecule has 184 valence electrons. The highest BCUT2D eigenvalue weighted by Crippen LogP contribution is 2.09. The van der Waals surface area contributed by atoms with Crippen LogP contribution in [0.25, 0.3) is 0 Å². The van der Waals surface area contributed by atoms with Crippen LogP contribution in [-0.4, -0.2) is 59.6 Å². The third-order valence-corrected chi connectivity index (χ3v) is 4.96. The number of nitrogens with zero attached hydrogens (tertiary/aromatic N) is 1. The number of carboxylic acids is 1. The summed E-state index contributed by atoms with van der Waals surface area (Å²) in [5.41, 5.74) is 0.879. The number of aliphatic carboxylic acids is 1. The van der Waals surface area contributed by atoms with Crippen molar-refractivity contribution in [2.75, 3.05) is 19.6 Å². The van der Waals surface area contributed by atoms with Crippen molar-refractivity contribution in [1.82, 2.24) is 15.5 Å². The van der Waals surface area contributed by atoms with Gasteiger partial charge in [0, 0.05) is 26.1 Å². The first-order valence-electron chi connectivity index (χ1n) is 11.6. The Morgan fingerprint density at radius 3 is 2.36 bits per heavy atom. The molecule has 1 rings (SSSR count). The van der Waals surface area contributed by atoms with Crippen LogP contribution < -0.4 is 10.6 Å². The number of hydrogen-bond acceptors (Lipinski definition) is 5. The second-order valence-electron chi connectivity index (χ2n) is 7.82. The maximum Gasteiger partial charge on any atom is 0.407 e. The molecule has 0 aliphatic heterocycles. The van der Waals surface area contributed by atoms with E-state index >= 15 is 0 Å². The van der Waals surface area contributed by atoms with Crippen molar-refractivity contribution in [3.63, 3.8) is 0 Å². The Bertz CT molecular complexity index is 741. The summed E-state index contributed by atoms with van der Waals surface area (Å²) in [7, 11) is 0. The Morgan fingerprint density at radius 1 is 1.00 bits per heavy atom. The number of alkyl carbamates (subject to hydrolysis) is 1. The minimum absolute atomic E-state index is 0.159. The van der Waals surface area contributed by atoms with Gasteiger partial charge in [-0.2, -0.15) is 0 Å². The van der Waals surface area contributed by atoms with Crippen molar-refractivity contribution in [2.24, 2.45) is 0 Å². The number of carboxylic acid groups (broad SMARTS) is 1. The Hall–Kier alpha value is -3.10. The van der Waals surface area contributed by atoms with Gasteiger partial charge >= 0.3 is 12.1 Å². The van der Waals surface area contributed by atoms with Crippen molar-refractivity contribution in [1.29, 1.82) is 0 Å². The van der Waals surface area contributed by atoms with E-state index in [0.717, 1.165) is 31.2 Å². The first kappa shape index (κ1) is 27.9. The predicted octanol–water partition coefficient (Wildman–Crippen LogP) is 3.08. The quantitative estimate of drug-likeness (QED) is 0.324. The molecule has 0 spiro atoms. The van der Waals surface area contributed by atoms with Crippen LogP contribution in [0.3, 0.4) is 0 Å². The Balaban J connectivity index is 2.60. The lowest BCUT2D eigenvalue weighted by atomic mass is 10.1. The van der Waals surface area contributed by atoms with Crippen molar-refractivity contribution in [2.45, 2.75) is 71.4 Å². The molecule has 1 atom stereocenters. The van der Waals surface area contributed by atoms with Crippen LogP contribution in [0.15, 0.2) is 30.3 Å². The molecule has 1 aromatic rings. The van der Waals surface area contributed by atoms with Crippen LogP contribution in [0.4, 0.5) is 4.79 Å². The average molecular weight is 464 g/mol. The van der Waals surface area contributed by atoms with Crippen LogP contribution in [0, 0.1) is 0 Å². The molecule has 0 saturated heterocycles. The van der Waals surface area contributed by atoms with Crippen LogP contribution in [0.2, 0.25) is 0 Å². The van der Waals surface area contributed by atoms with E-state index < -0.39 is 24.0 Å². The molecule has 0 bridgehead atoms. The van der Waals surface area contributed by atoms with Crippen LogP contribution in [-0.2, 0) is 25.7 Å². The molecule has 1 unspecified atom stereocenters. The van der Waals surface area contributed by atoms with E-state index in [2.05, 4.69) is 10.6 Å². The number of carbonyl (C=O) groups is 4. The van der Waals surface area contributed by atoms with Crippen LogP contribution >= 0.6 is 0 Å². The van der Waals surface area contributed by atoms with Gasteiger partial charge in [-0.1, -0.05) is 63.4 Å². The van der Waals surface area contributed by atoms with Gasteiger partial charge in [-0.25, -0.2) is 4.79 Å². The minimum Gasteiger partial charge on any atom is -0.481 e. The summed E-state index contributed by atoms with van der Waals surface area (Å²) in [6.45, 7) is 5.13. The van der Waals surface area contributed by atoms with E-state index in [-0.39, 0.29) is 38.4 Å². The zero-order chi connectivity index (χ0) is 24.5. The molecule has 9 nitrogen and oxygen atoms in total. The summed E-state index contributed by atoms with van der Waals surface area (Å²) < 4.78 is 5.18. The third-order valence-electron chi connectivity index (χ3n) is 4.96. The Morgan fingerprint density at radius 2 is 1.73 bits per heavy atom. The first-order chi connectivity index (χ1) is 15.9. The number of ether oxygens (including phenoxy) is 1. The number of amides is 3. The molecular formula is C24H37N3O6. The summed E-state index contributed by atoms with van der Waals surface area (Å²) in [5.74, 6) is -1.74. The fourth-order valence-electron chi connectivity index (χ4n) is 3.23. The second-order valence-corrected chi connectivity index (χ2v) is 7.82.